The molecule has 42 heavy (non-hydrogen) atoms. The van der Waals surface area contributed by atoms with E-state index in [9.17, 15) is 9.59 Å². The quantitative estimate of drug-likeness (QED) is 0.297. The van der Waals surface area contributed by atoms with Gasteiger partial charge >= 0.3 is 0 Å². The third kappa shape index (κ3) is 5.35. The maximum atomic E-state index is 14.6. The van der Waals surface area contributed by atoms with Gasteiger partial charge in [-0.2, -0.15) is 0 Å². The summed E-state index contributed by atoms with van der Waals surface area (Å²) in [6, 6.07) is 32.6. The van der Waals surface area contributed by atoms with Crippen molar-refractivity contribution in [3.8, 4) is 11.5 Å². The normalized spacial score (nSPS) is 18.9. The predicted molar refractivity (Wildman–Crippen MR) is 163 cm³/mol. The Labute approximate surface area is 246 Å². The van der Waals surface area contributed by atoms with E-state index in [1.54, 1.807) is 19.1 Å². The Morgan fingerprint density at radius 1 is 0.738 bits per heavy atom. The lowest BCUT2D eigenvalue weighted by Gasteiger charge is -2.44. The molecule has 1 fully saturated rings. The van der Waals surface area contributed by atoms with Crippen LogP contribution >= 0.6 is 0 Å². The highest BCUT2D eigenvalue weighted by molar-refractivity contribution is 6.11. The van der Waals surface area contributed by atoms with Gasteiger partial charge in [-0.25, -0.2) is 0 Å². The molecule has 2 aliphatic rings. The average Bonchev–Trinajstić information content (AvgIpc) is 3.05. The first kappa shape index (κ1) is 27.5. The molecule has 2 atom stereocenters. The number of amides is 2. The van der Waals surface area contributed by atoms with Crippen LogP contribution in [0.4, 0.5) is 5.69 Å². The average molecular weight is 562 g/mol. The van der Waals surface area contributed by atoms with E-state index in [-0.39, 0.29) is 11.8 Å². The van der Waals surface area contributed by atoms with E-state index in [0.29, 0.717) is 30.1 Å². The number of ether oxygens (including phenoxy) is 2. The van der Waals surface area contributed by atoms with Gasteiger partial charge < -0.3 is 14.4 Å². The van der Waals surface area contributed by atoms with Crippen molar-refractivity contribution in [3.63, 3.8) is 0 Å². The third-order valence-electron chi connectivity index (χ3n) is 8.35. The van der Waals surface area contributed by atoms with Gasteiger partial charge in [-0.05, 0) is 59.2 Å². The largest absolute Gasteiger partial charge is 0.497 e. The molecule has 0 radical (unpaired) electrons. The maximum absolute atomic E-state index is 14.6. The Balaban J connectivity index is 1.37. The summed E-state index contributed by atoms with van der Waals surface area (Å²) in [6.07, 6.45) is 0. The smallest absolute Gasteiger partial charge is 0.259 e. The highest BCUT2D eigenvalue weighted by Gasteiger charge is 2.46. The molecular weight excluding hydrogens is 526 g/mol. The van der Waals surface area contributed by atoms with E-state index < -0.39 is 12.0 Å². The van der Waals surface area contributed by atoms with Crippen molar-refractivity contribution in [3.05, 3.63) is 125 Å². The second-order valence-electron chi connectivity index (χ2n) is 10.7. The lowest BCUT2D eigenvalue weighted by Crippen LogP contribution is -2.53. The fraction of sp³-hybridized carbons (Fsp3) is 0.257. The number of piperazine rings is 1. The monoisotopic (exact) mass is 561 g/mol. The number of rotatable bonds is 7. The Morgan fingerprint density at radius 2 is 1.33 bits per heavy atom. The van der Waals surface area contributed by atoms with Crippen LogP contribution in [-0.2, 0) is 11.3 Å². The van der Waals surface area contributed by atoms with Gasteiger partial charge in [0.25, 0.3) is 5.91 Å². The topological polar surface area (TPSA) is 62.3 Å². The van der Waals surface area contributed by atoms with Crippen LogP contribution in [0.3, 0.4) is 0 Å². The Morgan fingerprint density at radius 3 is 1.98 bits per heavy atom. The first-order valence-electron chi connectivity index (χ1n) is 14.3. The summed E-state index contributed by atoms with van der Waals surface area (Å²) < 4.78 is 10.8. The van der Waals surface area contributed by atoms with Crippen molar-refractivity contribution in [2.24, 2.45) is 0 Å². The van der Waals surface area contributed by atoms with Gasteiger partial charge in [-0.1, -0.05) is 60.7 Å². The molecule has 7 nitrogen and oxygen atoms in total. The van der Waals surface area contributed by atoms with Crippen LogP contribution in [0.5, 0.6) is 11.5 Å². The van der Waals surface area contributed by atoms with E-state index >= 15 is 0 Å². The van der Waals surface area contributed by atoms with Crippen molar-refractivity contribution in [1.82, 2.24) is 9.80 Å². The molecule has 0 saturated carbocycles. The van der Waals surface area contributed by atoms with Gasteiger partial charge in [-0.3, -0.25) is 19.4 Å². The van der Waals surface area contributed by atoms with Crippen LogP contribution in [0.2, 0.25) is 0 Å². The van der Waals surface area contributed by atoms with Gasteiger partial charge in [0.15, 0.2) is 0 Å². The zero-order valence-electron chi connectivity index (χ0n) is 24.0. The van der Waals surface area contributed by atoms with Crippen molar-refractivity contribution in [2.45, 2.75) is 18.5 Å². The minimum atomic E-state index is -0.574. The van der Waals surface area contributed by atoms with Gasteiger partial charge in [0.05, 0.1) is 26.2 Å². The summed E-state index contributed by atoms with van der Waals surface area (Å²) >= 11 is 0. The number of carbonyl (C=O) groups excluding carboxylic acids is 2. The SMILES string of the molecule is COc1ccc([C@H]2[C@@H](C(=O)N3CCN(Cc4ccccc4)CC3)c3ccccc3C(=O)N2c2ccc(OC)cc2)cc1. The van der Waals surface area contributed by atoms with Gasteiger partial charge in [0, 0.05) is 44.0 Å². The van der Waals surface area contributed by atoms with Crippen LogP contribution < -0.4 is 14.4 Å². The zero-order chi connectivity index (χ0) is 29.1. The molecule has 0 spiro atoms. The van der Waals surface area contributed by atoms with Crippen LogP contribution in [-0.4, -0.2) is 62.0 Å². The lowest BCUT2D eigenvalue weighted by atomic mass is 9.78. The molecule has 214 valence electrons. The fourth-order valence-corrected chi connectivity index (χ4v) is 6.13. The molecule has 0 aliphatic carbocycles. The highest BCUT2D eigenvalue weighted by atomic mass is 16.5. The first-order chi connectivity index (χ1) is 20.6. The minimum Gasteiger partial charge on any atom is -0.497 e. The maximum Gasteiger partial charge on any atom is 0.259 e. The molecule has 0 aromatic heterocycles. The molecule has 2 aliphatic heterocycles. The zero-order valence-corrected chi connectivity index (χ0v) is 24.0. The summed E-state index contributed by atoms with van der Waals surface area (Å²) in [5.74, 6) is 0.748. The highest BCUT2D eigenvalue weighted by Crippen LogP contribution is 2.46. The number of hydrogen-bond donors (Lipinski definition) is 0. The van der Waals surface area contributed by atoms with Crippen LogP contribution in [0, 0.1) is 0 Å². The standard InChI is InChI=1S/C35H35N3O4/c1-41-28-16-12-26(13-17-28)33-32(35(40)37-22-20-36(21-23-37)24-25-8-4-3-5-9-25)30-10-6-7-11-31(30)34(39)38(33)27-14-18-29(42-2)19-15-27/h3-19,32-33H,20-24H2,1-2H3/t32-,33-/m0/s1. The molecule has 0 N–H and O–H groups in total. The fourth-order valence-electron chi connectivity index (χ4n) is 6.13. The molecule has 0 bridgehead atoms. The number of hydrogen-bond acceptors (Lipinski definition) is 5. The van der Waals surface area contributed by atoms with E-state index in [1.807, 2.05) is 83.8 Å². The summed E-state index contributed by atoms with van der Waals surface area (Å²) in [6.45, 7) is 3.72. The van der Waals surface area contributed by atoms with E-state index in [2.05, 4.69) is 29.2 Å². The molecule has 1 saturated heterocycles. The van der Waals surface area contributed by atoms with E-state index in [0.717, 1.165) is 36.5 Å². The second-order valence-corrected chi connectivity index (χ2v) is 10.7. The number of fused-ring (bicyclic) bond motifs is 1. The molecule has 6 rings (SSSR count). The summed E-state index contributed by atoms with van der Waals surface area (Å²) in [5.41, 5.74) is 4.17. The molecule has 2 heterocycles. The van der Waals surface area contributed by atoms with Crippen LogP contribution in [0.15, 0.2) is 103 Å². The van der Waals surface area contributed by atoms with Crippen molar-refractivity contribution in [1.29, 1.82) is 0 Å². The second kappa shape index (κ2) is 12.1. The third-order valence-corrected chi connectivity index (χ3v) is 8.35. The van der Waals surface area contributed by atoms with Crippen molar-refractivity contribution in [2.75, 3.05) is 45.3 Å². The van der Waals surface area contributed by atoms with Crippen LogP contribution in [0.1, 0.15) is 39.0 Å². The molecular formula is C35H35N3O4. The van der Waals surface area contributed by atoms with Crippen molar-refractivity contribution >= 4 is 17.5 Å². The van der Waals surface area contributed by atoms with E-state index in [1.165, 1.54) is 5.56 Å². The van der Waals surface area contributed by atoms with Crippen LogP contribution in [0.25, 0.3) is 0 Å². The molecule has 4 aromatic carbocycles. The molecule has 4 aromatic rings. The minimum absolute atomic E-state index is 0.0358. The number of anilines is 1. The number of benzene rings is 4. The lowest BCUT2D eigenvalue weighted by molar-refractivity contribution is -0.135. The Kier molecular flexibility index (Phi) is 7.93. The van der Waals surface area contributed by atoms with Gasteiger partial charge in [-0.15, -0.1) is 0 Å². The number of carbonyl (C=O) groups is 2. The summed E-state index contributed by atoms with van der Waals surface area (Å²) in [4.78, 5) is 34.9. The molecule has 7 heteroatoms. The molecule has 2 amide bonds. The Bertz CT molecular complexity index is 1530. The van der Waals surface area contributed by atoms with Crippen molar-refractivity contribution < 1.29 is 19.1 Å². The van der Waals surface area contributed by atoms with E-state index in [4.69, 9.17) is 9.47 Å². The number of methoxy groups -OCH3 is 2. The predicted octanol–water partition coefficient (Wildman–Crippen LogP) is 5.53. The van der Waals surface area contributed by atoms with Gasteiger partial charge in [0.1, 0.15) is 11.5 Å². The first-order valence-corrected chi connectivity index (χ1v) is 14.3. The number of nitrogens with zero attached hydrogens (tertiary/aromatic N) is 3. The summed E-state index contributed by atoms with van der Waals surface area (Å²) in [5, 5.41) is 0. The summed E-state index contributed by atoms with van der Waals surface area (Å²) in [7, 11) is 3.24. The van der Waals surface area contributed by atoms with Gasteiger partial charge in [0.2, 0.25) is 5.91 Å². The Hall–Kier alpha value is -4.62. The molecule has 0 unspecified atom stereocenters.